The summed E-state index contributed by atoms with van der Waals surface area (Å²) < 4.78 is 0. The Labute approximate surface area is 87.8 Å². The van der Waals surface area contributed by atoms with E-state index in [0.29, 0.717) is 0 Å². The first-order valence-electron chi connectivity index (χ1n) is 6.42. The van der Waals surface area contributed by atoms with Gasteiger partial charge in [-0.1, -0.05) is 12.8 Å². The van der Waals surface area contributed by atoms with Crippen LogP contribution in [-0.2, 0) is 0 Å². The highest BCUT2D eigenvalue weighted by atomic mass is 14.9. The van der Waals surface area contributed by atoms with Crippen molar-refractivity contribution in [3.05, 3.63) is 0 Å². The molecule has 2 atom stereocenters. The fourth-order valence-corrected chi connectivity index (χ4v) is 2.74. The van der Waals surface area contributed by atoms with Gasteiger partial charge < -0.3 is 10.6 Å². The molecule has 0 radical (unpaired) electrons. The molecule has 2 aliphatic rings. The van der Waals surface area contributed by atoms with Crippen molar-refractivity contribution in [3.8, 4) is 0 Å². The highest BCUT2D eigenvalue weighted by Crippen LogP contribution is 2.16. The Morgan fingerprint density at radius 2 is 1.21 bits per heavy atom. The lowest BCUT2D eigenvalue weighted by molar-refractivity contribution is 0.324. The van der Waals surface area contributed by atoms with Crippen LogP contribution in [0, 0.1) is 0 Å². The van der Waals surface area contributed by atoms with Crippen molar-refractivity contribution in [3.63, 3.8) is 0 Å². The van der Waals surface area contributed by atoms with Crippen LogP contribution in [-0.4, -0.2) is 25.2 Å². The average Bonchev–Trinajstić information content (AvgIpc) is 2.29. The Kier molecular flexibility index (Phi) is 4.26. The molecule has 0 aromatic heterocycles. The lowest BCUT2D eigenvalue weighted by Gasteiger charge is -2.28. The van der Waals surface area contributed by atoms with E-state index in [9.17, 15) is 0 Å². The van der Waals surface area contributed by atoms with Crippen LogP contribution < -0.4 is 10.6 Å². The van der Waals surface area contributed by atoms with E-state index >= 15 is 0 Å². The number of piperidine rings is 2. The minimum absolute atomic E-state index is 0.826. The second-order valence-corrected chi connectivity index (χ2v) is 4.87. The Balaban J connectivity index is 1.60. The fraction of sp³-hybridized carbons (Fsp3) is 1.00. The van der Waals surface area contributed by atoms with Crippen LogP contribution in [0.1, 0.15) is 51.4 Å². The molecule has 2 saturated heterocycles. The summed E-state index contributed by atoms with van der Waals surface area (Å²) >= 11 is 0. The third-order valence-electron chi connectivity index (χ3n) is 3.69. The van der Waals surface area contributed by atoms with Crippen molar-refractivity contribution in [2.24, 2.45) is 0 Å². The van der Waals surface area contributed by atoms with Gasteiger partial charge in [-0.2, -0.15) is 0 Å². The molecule has 0 aromatic rings. The first kappa shape index (κ1) is 10.4. The molecule has 0 amide bonds. The molecule has 0 unspecified atom stereocenters. The SMILES string of the molecule is C1CC[C@H](CC[C@@H]2CCCCN2)NC1. The van der Waals surface area contributed by atoms with Gasteiger partial charge in [-0.05, 0) is 51.6 Å². The van der Waals surface area contributed by atoms with Gasteiger partial charge in [0.2, 0.25) is 0 Å². The first-order chi connectivity index (χ1) is 6.95. The molecule has 0 saturated carbocycles. The smallest absolute Gasteiger partial charge is 0.00676 e. The molecule has 2 rings (SSSR count). The highest BCUT2D eigenvalue weighted by molar-refractivity contribution is 4.77. The van der Waals surface area contributed by atoms with Crippen molar-refractivity contribution in [2.45, 2.75) is 63.5 Å². The second kappa shape index (κ2) is 5.72. The molecule has 2 nitrogen and oxygen atoms in total. The number of hydrogen-bond donors (Lipinski definition) is 2. The van der Waals surface area contributed by atoms with Crippen molar-refractivity contribution in [1.29, 1.82) is 0 Å². The van der Waals surface area contributed by atoms with E-state index in [0.717, 1.165) is 12.1 Å². The topological polar surface area (TPSA) is 24.1 Å². The minimum Gasteiger partial charge on any atom is -0.314 e. The largest absolute Gasteiger partial charge is 0.314 e. The van der Waals surface area contributed by atoms with Gasteiger partial charge in [0.15, 0.2) is 0 Å². The molecular weight excluding hydrogens is 172 g/mol. The maximum Gasteiger partial charge on any atom is 0.00676 e. The summed E-state index contributed by atoms with van der Waals surface area (Å²) in [4.78, 5) is 0. The molecule has 2 N–H and O–H groups in total. The van der Waals surface area contributed by atoms with E-state index in [-0.39, 0.29) is 0 Å². The molecule has 0 aliphatic carbocycles. The van der Waals surface area contributed by atoms with Crippen LogP contribution in [0.3, 0.4) is 0 Å². The van der Waals surface area contributed by atoms with Crippen LogP contribution in [0.5, 0.6) is 0 Å². The summed E-state index contributed by atoms with van der Waals surface area (Å²) in [5.41, 5.74) is 0. The molecule has 2 heterocycles. The highest BCUT2D eigenvalue weighted by Gasteiger charge is 2.16. The second-order valence-electron chi connectivity index (χ2n) is 4.87. The van der Waals surface area contributed by atoms with Crippen LogP contribution in [0.2, 0.25) is 0 Å². The summed E-state index contributed by atoms with van der Waals surface area (Å²) in [6.07, 6.45) is 11.2. The van der Waals surface area contributed by atoms with Gasteiger partial charge in [0.25, 0.3) is 0 Å². The van der Waals surface area contributed by atoms with Crippen molar-refractivity contribution >= 4 is 0 Å². The molecule has 2 heteroatoms. The Morgan fingerprint density at radius 1 is 0.714 bits per heavy atom. The number of rotatable bonds is 3. The molecule has 2 aliphatic heterocycles. The van der Waals surface area contributed by atoms with Gasteiger partial charge >= 0.3 is 0 Å². The molecule has 2 fully saturated rings. The molecular formula is C12H24N2. The predicted molar refractivity (Wildman–Crippen MR) is 60.5 cm³/mol. The predicted octanol–water partition coefficient (Wildman–Crippen LogP) is 2.05. The summed E-state index contributed by atoms with van der Waals surface area (Å²) in [6.45, 7) is 2.51. The lowest BCUT2D eigenvalue weighted by atomic mass is 9.95. The van der Waals surface area contributed by atoms with Gasteiger partial charge in [-0.25, -0.2) is 0 Å². The molecule has 14 heavy (non-hydrogen) atoms. The van der Waals surface area contributed by atoms with E-state index in [4.69, 9.17) is 0 Å². The molecule has 0 bridgehead atoms. The standard InChI is InChI=1S/C12H24N2/c1-3-9-13-11(5-1)7-8-12-6-2-4-10-14-12/h11-14H,1-10H2/t11-,12+. The summed E-state index contributed by atoms with van der Waals surface area (Å²) in [7, 11) is 0. The van der Waals surface area contributed by atoms with Crippen LogP contribution >= 0.6 is 0 Å². The normalized spacial score (nSPS) is 34.3. The van der Waals surface area contributed by atoms with Gasteiger partial charge in [-0.15, -0.1) is 0 Å². The van der Waals surface area contributed by atoms with E-state index in [2.05, 4.69) is 10.6 Å². The monoisotopic (exact) mass is 196 g/mol. The Hall–Kier alpha value is -0.0800. The van der Waals surface area contributed by atoms with Gasteiger partial charge in [0.1, 0.15) is 0 Å². The zero-order chi connectivity index (χ0) is 9.64. The molecule has 0 spiro atoms. The third-order valence-corrected chi connectivity index (χ3v) is 3.69. The Bertz CT molecular complexity index is 128. The maximum absolute atomic E-state index is 3.63. The summed E-state index contributed by atoms with van der Waals surface area (Å²) in [5.74, 6) is 0. The zero-order valence-corrected chi connectivity index (χ0v) is 9.23. The first-order valence-corrected chi connectivity index (χ1v) is 6.42. The molecule has 82 valence electrons. The maximum atomic E-state index is 3.63. The van der Waals surface area contributed by atoms with Crippen LogP contribution in [0.15, 0.2) is 0 Å². The van der Waals surface area contributed by atoms with E-state index in [1.165, 1.54) is 64.5 Å². The summed E-state index contributed by atoms with van der Waals surface area (Å²) in [6, 6.07) is 1.65. The van der Waals surface area contributed by atoms with Gasteiger partial charge in [-0.3, -0.25) is 0 Å². The minimum atomic E-state index is 0.826. The van der Waals surface area contributed by atoms with E-state index in [1.807, 2.05) is 0 Å². The fourth-order valence-electron chi connectivity index (χ4n) is 2.74. The number of nitrogens with one attached hydrogen (secondary N) is 2. The van der Waals surface area contributed by atoms with Crippen molar-refractivity contribution < 1.29 is 0 Å². The zero-order valence-electron chi connectivity index (χ0n) is 9.23. The third kappa shape index (κ3) is 3.25. The van der Waals surface area contributed by atoms with E-state index < -0.39 is 0 Å². The van der Waals surface area contributed by atoms with Crippen molar-refractivity contribution in [2.75, 3.05) is 13.1 Å². The van der Waals surface area contributed by atoms with E-state index in [1.54, 1.807) is 0 Å². The quantitative estimate of drug-likeness (QED) is 0.722. The summed E-state index contributed by atoms with van der Waals surface area (Å²) in [5, 5.41) is 7.26. The molecule has 0 aromatic carbocycles. The van der Waals surface area contributed by atoms with Gasteiger partial charge in [0, 0.05) is 12.1 Å². The number of hydrogen-bond acceptors (Lipinski definition) is 2. The average molecular weight is 196 g/mol. The van der Waals surface area contributed by atoms with Gasteiger partial charge in [0.05, 0.1) is 0 Å². The van der Waals surface area contributed by atoms with Crippen LogP contribution in [0.25, 0.3) is 0 Å². The van der Waals surface area contributed by atoms with Crippen LogP contribution in [0.4, 0.5) is 0 Å². The van der Waals surface area contributed by atoms with Crippen molar-refractivity contribution in [1.82, 2.24) is 10.6 Å². The Morgan fingerprint density at radius 3 is 1.57 bits per heavy atom. The lowest BCUT2D eigenvalue weighted by Crippen LogP contribution is -2.38.